The molecule has 0 atom stereocenters. The predicted octanol–water partition coefficient (Wildman–Crippen LogP) is 1.85. The molecular formula is C12H21ClN6. The van der Waals surface area contributed by atoms with Crippen molar-refractivity contribution in [2.75, 3.05) is 36.8 Å². The summed E-state index contributed by atoms with van der Waals surface area (Å²) in [4.78, 5) is 14.8. The molecule has 1 saturated carbocycles. The van der Waals surface area contributed by atoms with Crippen LogP contribution >= 0.6 is 11.6 Å². The standard InChI is InChI=1S/C12H21ClN6/c1-3-14-11-16-10(13)17-12(18-11)15-7-8-19(4-2)9-5-6-9/h9H,3-8H2,1-2H3,(H2,14,15,16,17,18). The molecule has 1 aliphatic carbocycles. The molecule has 0 unspecified atom stereocenters. The second kappa shape index (κ2) is 6.86. The number of hydrogen-bond donors (Lipinski definition) is 2. The van der Waals surface area contributed by atoms with Crippen molar-refractivity contribution < 1.29 is 0 Å². The summed E-state index contributed by atoms with van der Waals surface area (Å²) in [6.07, 6.45) is 2.66. The van der Waals surface area contributed by atoms with Gasteiger partial charge < -0.3 is 10.6 Å². The fourth-order valence-electron chi connectivity index (χ4n) is 2.02. The van der Waals surface area contributed by atoms with Crippen LogP contribution in [0.2, 0.25) is 5.28 Å². The first-order chi connectivity index (χ1) is 9.22. The predicted molar refractivity (Wildman–Crippen MR) is 77.8 cm³/mol. The van der Waals surface area contributed by atoms with Crippen LogP contribution in [0.25, 0.3) is 0 Å². The molecule has 1 heterocycles. The molecule has 2 N–H and O–H groups in total. The second-order valence-corrected chi connectivity index (χ2v) is 4.91. The number of likely N-dealkylation sites (N-methyl/N-ethyl adjacent to an activating group) is 1. The van der Waals surface area contributed by atoms with Crippen molar-refractivity contribution in [1.82, 2.24) is 19.9 Å². The molecule has 7 heteroatoms. The van der Waals surface area contributed by atoms with Crippen LogP contribution in [0.4, 0.5) is 11.9 Å². The van der Waals surface area contributed by atoms with Crippen LogP contribution in [0.1, 0.15) is 26.7 Å². The van der Waals surface area contributed by atoms with E-state index in [1.165, 1.54) is 12.8 Å². The average molecular weight is 285 g/mol. The van der Waals surface area contributed by atoms with E-state index in [0.717, 1.165) is 32.2 Å². The van der Waals surface area contributed by atoms with Gasteiger partial charge in [-0.15, -0.1) is 0 Å². The van der Waals surface area contributed by atoms with Gasteiger partial charge in [-0.3, -0.25) is 4.90 Å². The third-order valence-electron chi connectivity index (χ3n) is 3.09. The van der Waals surface area contributed by atoms with Gasteiger partial charge in [-0.2, -0.15) is 15.0 Å². The molecule has 0 aromatic carbocycles. The van der Waals surface area contributed by atoms with Crippen molar-refractivity contribution in [2.45, 2.75) is 32.7 Å². The zero-order valence-electron chi connectivity index (χ0n) is 11.5. The van der Waals surface area contributed by atoms with Crippen LogP contribution in [-0.4, -0.2) is 52.1 Å². The molecule has 0 spiro atoms. The number of anilines is 2. The van der Waals surface area contributed by atoms with Crippen molar-refractivity contribution in [2.24, 2.45) is 0 Å². The normalized spacial score (nSPS) is 14.7. The molecule has 19 heavy (non-hydrogen) atoms. The van der Waals surface area contributed by atoms with Gasteiger partial charge in [0.25, 0.3) is 0 Å². The Morgan fingerprint density at radius 3 is 2.42 bits per heavy atom. The highest BCUT2D eigenvalue weighted by Crippen LogP contribution is 2.25. The van der Waals surface area contributed by atoms with Crippen molar-refractivity contribution >= 4 is 23.5 Å². The average Bonchev–Trinajstić information content (AvgIpc) is 3.19. The zero-order valence-corrected chi connectivity index (χ0v) is 12.2. The summed E-state index contributed by atoms with van der Waals surface area (Å²) < 4.78 is 0. The molecule has 1 aromatic heterocycles. The Labute approximate surface area is 119 Å². The summed E-state index contributed by atoms with van der Waals surface area (Å²) >= 11 is 5.86. The van der Waals surface area contributed by atoms with Gasteiger partial charge in [-0.1, -0.05) is 6.92 Å². The van der Waals surface area contributed by atoms with Crippen LogP contribution in [-0.2, 0) is 0 Å². The highest BCUT2D eigenvalue weighted by atomic mass is 35.5. The van der Waals surface area contributed by atoms with Crippen molar-refractivity contribution in [1.29, 1.82) is 0 Å². The minimum absolute atomic E-state index is 0.211. The van der Waals surface area contributed by atoms with E-state index >= 15 is 0 Å². The SMILES string of the molecule is CCNc1nc(Cl)nc(NCCN(CC)C2CC2)n1. The minimum atomic E-state index is 0.211. The van der Waals surface area contributed by atoms with Crippen LogP contribution in [0.15, 0.2) is 0 Å². The van der Waals surface area contributed by atoms with Crippen LogP contribution in [0, 0.1) is 0 Å². The largest absolute Gasteiger partial charge is 0.354 e. The maximum atomic E-state index is 5.86. The lowest BCUT2D eigenvalue weighted by Crippen LogP contribution is -2.31. The number of hydrogen-bond acceptors (Lipinski definition) is 6. The molecular weight excluding hydrogens is 264 g/mol. The van der Waals surface area contributed by atoms with E-state index in [0.29, 0.717) is 11.9 Å². The number of nitrogens with zero attached hydrogens (tertiary/aromatic N) is 4. The first-order valence-electron chi connectivity index (χ1n) is 6.86. The molecule has 106 valence electrons. The lowest BCUT2D eigenvalue weighted by Gasteiger charge is -2.19. The Bertz CT molecular complexity index is 409. The molecule has 0 radical (unpaired) electrons. The molecule has 0 aliphatic heterocycles. The van der Waals surface area contributed by atoms with Crippen LogP contribution < -0.4 is 10.6 Å². The molecule has 6 nitrogen and oxygen atoms in total. The molecule has 2 rings (SSSR count). The highest BCUT2D eigenvalue weighted by molar-refractivity contribution is 6.28. The summed E-state index contributed by atoms with van der Waals surface area (Å²) in [5.41, 5.74) is 0. The molecule has 1 aromatic rings. The zero-order chi connectivity index (χ0) is 13.7. The van der Waals surface area contributed by atoms with Gasteiger partial charge in [0.05, 0.1) is 0 Å². The molecule has 0 saturated heterocycles. The number of aromatic nitrogens is 3. The summed E-state index contributed by atoms with van der Waals surface area (Å²) in [6, 6.07) is 0.783. The number of rotatable bonds is 8. The summed E-state index contributed by atoms with van der Waals surface area (Å²) in [5, 5.41) is 6.44. The highest BCUT2D eigenvalue weighted by Gasteiger charge is 2.27. The Kier molecular flexibility index (Phi) is 5.15. The van der Waals surface area contributed by atoms with Gasteiger partial charge in [0, 0.05) is 25.7 Å². The Hall–Kier alpha value is -1.14. The minimum Gasteiger partial charge on any atom is -0.354 e. The van der Waals surface area contributed by atoms with Crippen molar-refractivity contribution in [3.63, 3.8) is 0 Å². The van der Waals surface area contributed by atoms with Gasteiger partial charge in [0.1, 0.15) is 0 Å². The summed E-state index contributed by atoms with van der Waals surface area (Å²) in [7, 11) is 0. The monoisotopic (exact) mass is 284 g/mol. The number of halogens is 1. The maximum absolute atomic E-state index is 5.86. The van der Waals surface area contributed by atoms with E-state index in [1.807, 2.05) is 6.92 Å². The van der Waals surface area contributed by atoms with Crippen LogP contribution in [0.3, 0.4) is 0 Å². The quantitative estimate of drug-likeness (QED) is 0.759. The smallest absolute Gasteiger partial charge is 0.228 e. The van der Waals surface area contributed by atoms with E-state index in [1.54, 1.807) is 0 Å². The van der Waals surface area contributed by atoms with E-state index in [-0.39, 0.29) is 5.28 Å². The fraction of sp³-hybridized carbons (Fsp3) is 0.750. The molecule has 0 amide bonds. The van der Waals surface area contributed by atoms with E-state index in [4.69, 9.17) is 11.6 Å². The van der Waals surface area contributed by atoms with Gasteiger partial charge >= 0.3 is 0 Å². The molecule has 1 fully saturated rings. The van der Waals surface area contributed by atoms with Gasteiger partial charge in [0.15, 0.2) is 0 Å². The van der Waals surface area contributed by atoms with Gasteiger partial charge in [-0.25, -0.2) is 0 Å². The summed E-state index contributed by atoms with van der Waals surface area (Å²) in [5.74, 6) is 1.04. The lowest BCUT2D eigenvalue weighted by molar-refractivity contribution is 0.289. The lowest BCUT2D eigenvalue weighted by atomic mass is 10.4. The maximum Gasteiger partial charge on any atom is 0.228 e. The first-order valence-corrected chi connectivity index (χ1v) is 7.24. The third kappa shape index (κ3) is 4.47. The van der Waals surface area contributed by atoms with E-state index < -0.39 is 0 Å². The van der Waals surface area contributed by atoms with Gasteiger partial charge in [-0.05, 0) is 37.9 Å². The van der Waals surface area contributed by atoms with Crippen LogP contribution in [0.5, 0.6) is 0 Å². The Morgan fingerprint density at radius 1 is 1.16 bits per heavy atom. The Balaban J connectivity index is 1.84. The molecule has 0 bridgehead atoms. The Morgan fingerprint density at radius 2 is 1.84 bits per heavy atom. The summed E-state index contributed by atoms with van der Waals surface area (Å²) in [6.45, 7) is 7.84. The fourth-order valence-corrected chi connectivity index (χ4v) is 2.18. The van der Waals surface area contributed by atoms with Crippen molar-refractivity contribution in [3.8, 4) is 0 Å². The van der Waals surface area contributed by atoms with Crippen molar-refractivity contribution in [3.05, 3.63) is 5.28 Å². The van der Waals surface area contributed by atoms with E-state index in [2.05, 4.69) is 37.4 Å². The number of nitrogens with one attached hydrogen (secondary N) is 2. The van der Waals surface area contributed by atoms with Gasteiger partial charge in [0.2, 0.25) is 17.2 Å². The topological polar surface area (TPSA) is 66.0 Å². The first kappa shape index (κ1) is 14.3. The second-order valence-electron chi connectivity index (χ2n) is 4.57. The molecule has 1 aliphatic rings. The third-order valence-corrected chi connectivity index (χ3v) is 3.26. The van der Waals surface area contributed by atoms with E-state index in [9.17, 15) is 0 Å².